The van der Waals surface area contributed by atoms with Gasteiger partial charge in [0.05, 0.1) is 19.1 Å². The second-order valence-corrected chi connectivity index (χ2v) is 9.54. The van der Waals surface area contributed by atoms with Gasteiger partial charge in [0.2, 0.25) is 5.88 Å². The number of ketones is 1. The molecule has 1 aromatic heterocycles. The molecule has 0 aromatic carbocycles. The van der Waals surface area contributed by atoms with Crippen molar-refractivity contribution < 1.29 is 19.2 Å². The molecule has 1 saturated heterocycles. The number of quaternary nitrogens is 1. The van der Waals surface area contributed by atoms with Crippen molar-refractivity contribution >= 4 is 17.1 Å². The monoisotopic (exact) mass is 400 g/mol. The van der Waals surface area contributed by atoms with E-state index in [1.54, 1.807) is 11.3 Å². The molecule has 148 valence electrons. The zero-order valence-corrected chi connectivity index (χ0v) is 17.2. The molecule has 0 amide bonds. The molecular weight excluding hydrogens is 374 g/mol. The lowest BCUT2D eigenvalue weighted by Gasteiger charge is -2.36. The van der Waals surface area contributed by atoms with Crippen LogP contribution in [0.2, 0.25) is 0 Å². The van der Waals surface area contributed by atoms with Gasteiger partial charge in [0.1, 0.15) is 37.0 Å². The summed E-state index contributed by atoms with van der Waals surface area (Å²) in [5, 5.41) is 11.9. The van der Waals surface area contributed by atoms with Crippen molar-refractivity contribution in [2.45, 2.75) is 39.2 Å². The predicted octanol–water partition coefficient (Wildman–Crippen LogP) is 1.61. The summed E-state index contributed by atoms with van der Waals surface area (Å²) in [4.78, 5) is 15.5. The Morgan fingerprint density at radius 3 is 2.82 bits per heavy atom. The van der Waals surface area contributed by atoms with E-state index in [1.807, 2.05) is 0 Å². The van der Waals surface area contributed by atoms with E-state index in [4.69, 9.17) is 15.2 Å². The predicted molar refractivity (Wildman–Crippen MR) is 105 cm³/mol. The molecule has 3 heterocycles. The quantitative estimate of drug-likeness (QED) is 0.805. The number of thiophene rings is 1. The van der Waals surface area contributed by atoms with E-state index in [0.717, 1.165) is 37.7 Å². The van der Waals surface area contributed by atoms with E-state index < -0.39 is 5.92 Å². The van der Waals surface area contributed by atoms with Gasteiger partial charge in [-0.25, -0.2) is 0 Å². The van der Waals surface area contributed by atoms with Crippen LogP contribution in [0, 0.1) is 16.7 Å². The lowest BCUT2D eigenvalue weighted by molar-refractivity contribution is -0.921. The summed E-state index contributed by atoms with van der Waals surface area (Å²) in [6, 6.07) is 4.33. The van der Waals surface area contributed by atoms with E-state index in [0.29, 0.717) is 29.7 Å². The van der Waals surface area contributed by atoms with Crippen LogP contribution in [-0.4, -0.2) is 32.1 Å². The van der Waals surface area contributed by atoms with Gasteiger partial charge >= 0.3 is 0 Å². The molecule has 1 aliphatic carbocycles. The van der Waals surface area contributed by atoms with Crippen molar-refractivity contribution in [1.29, 1.82) is 5.26 Å². The van der Waals surface area contributed by atoms with E-state index >= 15 is 0 Å². The first kappa shape index (κ1) is 19.2. The van der Waals surface area contributed by atoms with Gasteiger partial charge in [0.25, 0.3) is 0 Å². The zero-order valence-electron chi connectivity index (χ0n) is 16.3. The summed E-state index contributed by atoms with van der Waals surface area (Å²) in [5.41, 5.74) is 8.12. The highest BCUT2D eigenvalue weighted by Gasteiger charge is 2.43. The van der Waals surface area contributed by atoms with Gasteiger partial charge in [-0.2, -0.15) is 5.26 Å². The lowest BCUT2D eigenvalue weighted by atomic mass is 9.71. The fourth-order valence-electron chi connectivity index (χ4n) is 4.33. The Morgan fingerprint density at radius 1 is 1.36 bits per heavy atom. The molecule has 0 bridgehead atoms. The maximum absolute atomic E-state index is 13.0. The smallest absolute Gasteiger partial charge is 0.205 e. The molecule has 1 aromatic rings. The fourth-order valence-corrected chi connectivity index (χ4v) is 5.36. The Hall–Kier alpha value is -2.14. The third-order valence-corrected chi connectivity index (χ3v) is 6.73. The fraction of sp³-hybridized carbons (Fsp3) is 0.524. The van der Waals surface area contributed by atoms with Crippen molar-refractivity contribution in [1.82, 2.24) is 0 Å². The molecule has 4 rings (SSSR count). The molecular formula is C21H26N3O3S+. The maximum atomic E-state index is 13.0. The van der Waals surface area contributed by atoms with Crippen molar-refractivity contribution in [2.24, 2.45) is 11.1 Å². The van der Waals surface area contributed by atoms with Gasteiger partial charge in [-0.1, -0.05) is 13.8 Å². The Bertz CT molecular complexity index is 900. The third-order valence-electron chi connectivity index (χ3n) is 5.69. The first-order valence-corrected chi connectivity index (χ1v) is 10.6. The number of nitrogens with one attached hydrogen (secondary N) is 1. The van der Waals surface area contributed by atoms with E-state index in [1.165, 1.54) is 10.5 Å². The van der Waals surface area contributed by atoms with Crippen LogP contribution >= 0.6 is 11.3 Å². The maximum Gasteiger partial charge on any atom is 0.205 e. The number of carbonyl (C=O) groups excluding carboxylic acids is 1. The number of rotatable bonds is 3. The van der Waals surface area contributed by atoms with Crippen LogP contribution in [0.1, 0.15) is 43.0 Å². The van der Waals surface area contributed by atoms with Gasteiger partial charge in [-0.15, -0.1) is 11.3 Å². The minimum Gasteiger partial charge on any atom is -0.444 e. The molecule has 0 unspecified atom stereocenters. The second-order valence-electron chi connectivity index (χ2n) is 8.60. The van der Waals surface area contributed by atoms with Gasteiger partial charge < -0.3 is 20.1 Å². The first-order chi connectivity index (χ1) is 13.4. The van der Waals surface area contributed by atoms with Crippen molar-refractivity contribution in [3.8, 4) is 6.07 Å². The van der Waals surface area contributed by atoms with Crippen molar-refractivity contribution in [2.75, 3.05) is 26.3 Å². The number of nitrogens with two attached hydrogens (primary N) is 1. The lowest BCUT2D eigenvalue weighted by Crippen LogP contribution is -3.12. The molecule has 0 radical (unpaired) electrons. The Kier molecular flexibility index (Phi) is 5.04. The van der Waals surface area contributed by atoms with Gasteiger partial charge in [-0.05, 0) is 16.9 Å². The molecule has 7 heteroatoms. The number of nitriles is 1. The highest BCUT2D eigenvalue weighted by Crippen LogP contribution is 2.48. The molecule has 0 spiro atoms. The van der Waals surface area contributed by atoms with Crippen LogP contribution in [0.3, 0.4) is 0 Å². The molecule has 3 aliphatic rings. The van der Waals surface area contributed by atoms with Crippen LogP contribution in [0.15, 0.2) is 34.2 Å². The average molecular weight is 401 g/mol. The SMILES string of the molecule is CC1(C)CC(=O)C2=C(C1)OC(N)=C(C#N)[C@@H]2c1cc(C[NH+]2CCOCC2)cs1. The van der Waals surface area contributed by atoms with Gasteiger partial charge in [-0.3, -0.25) is 4.79 Å². The molecule has 3 N–H and O–H groups in total. The largest absolute Gasteiger partial charge is 0.444 e. The first-order valence-electron chi connectivity index (χ1n) is 9.70. The number of hydrogen-bond acceptors (Lipinski definition) is 6. The summed E-state index contributed by atoms with van der Waals surface area (Å²) >= 11 is 1.60. The summed E-state index contributed by atoms with van der Waals surface area (Å²) in [6.45, 7) is 8.64. The highest BCUT2D eigenvalue weighted by molar-refractivity contribution is 7.10. The van der Waals surface area contributed by atoms with Crippen molar-refractivity contribution in [3.63, 3.8) is 0 Å². The second kappa shape index (κ2) is 7.36. The standard InChI is InChI=1S/C21H25N3O3S/c1-21(2)8-15(25)19-16(9-21)27-20(23)14(10-22)18(19)17-7-13(12-28-17)11-24-3-5-26-6-4-24/h7,12,18H,3-6,8-9,11,23H2,1-2H3/p+1/t18-/m1/s1. The van der Waals surface area contributed by atoms with E-state index in [9.17, 15) is 10.1 Å². The Labute approximate surface area is 169 Å². The van der Waals surface area contributed by atoms with E-state index in [2.05, 4.69) is 31.4 Å². The molecule has 1 atom stereocenters. The minimum atomic E-state index is -0.407. The number of carbonyl (C=O) groups is 1. The highest BCUT2D eigenvalue weighted by atomic mass is 32.1. The number of nitrogens with zero attached hydrogens (tertiary/aromatic N) is 1. The van der Waals surface area contributed by atoms with Crippen molar-refractivity contribution in [3.05, 3.63) is 44.7 Å². The van der Waals surface area contributed by atoms with Crippen LogP contribution < -0.4 is 10.6 Å². The zero-order chi connectivity index (χ0) is 19.9. The number of morpholine rings is 1. The molecule has 2 aliphatic heterocycles. The van der Waals surface area contributed by atoms with Gasteiger partial charge in [0.15, 0.2) is 5.78 Å². The van der Waals surface area contributed by atoms with Crippen LogP contribution in [-0.2, 0) is 20.8 Å². The third kappa shape index (κ3) is 3.60. The normalized spacial score (nSPS) is 25.3. The van der Waals surface area contributed by atoms with Crippen LogP contribution in [0.4, 0.5) is 0 Å². The average Bonchev–Trinajstić information content (AvgIpc) is 3.08. The molecule has 6 nitrogen and oxygen atoms in total. The Balaban J connectivity index is 1.67. The summed E-state index contributed by atoms with van der Waals surface area (Å²) in [5.74, 6) is 0.419. The summed E-state index contributed by atoms with van der Waals surface area (Å²) in [6.07, 6.45) is 1.11. The van der Waals surface area contributed by atoms with Crippen LogP contribution in [0.25, 0.3) is 0 Å². The number of hydrogen-bond donors (Lipinski definition) is 2. The van der Waals surface area contributed by atoms with Gasteiger partial charge in [0, 0.05) is 28.9 Å². The number of ether oxygens (including phenoxy) is 2. The number of Topliss-reactive ketones (excluding diaryl/α,β-unsaturated/α-hetero) is 1. The summed E-state index contributed by atoms with van der Waals surface area (Å²) in [7, 11) is 0. The summed E-state index contributed by atoms with van der Waals surface area (Å²) < 4.78 is 11.2. The molecule has 1 fully saturated rings. The number of allylic oxidation sites excluding steroid dienone is 3. The minimum absolute atomic E-state index is 0.0604. The van der Waals surface area contributed by atoms with E-state index in [-0.39, 0.29) is 17.1 Å². The topological polar surface area (TPSA) is 89.8 Å². The molecule has 28 heavy (non-hydrogen) atoms. The van der Waals surface area contributed by atoms with Crippen LogP contribution in [0.5, 0.6) is 0 Å². The molecule has 0 saturated carbocycles. The Morgan fingerprint density at radius 2 is 2.11 bits per heavy atom.